The molecule has 14 nitrogen and oxygen atoms in total. The Kier molecular flexibility index (Phi) is 18.8. The Morgan fingerprint density at radius 1 is 0.442 bits per heavy atom. The lowest BCUT2D eigenvalue weighted by Crippen LogP contribution is -2.15. The summed E-state index contributed by atoms with van der Waals surface area (Å²) < 4.78 is 68.4. The van der Waals surface area contributed by atoms with Crippen LogP contribution in [0.5, 0.6) is 23.0 Å². The van der Waals surface area contributed by atoms with Gasteiger partial charge in [0.15, 0.2) is 0 Å². The van der Waals surface area contributed by atoms with Gasteiger partial charge < -0.3 is 56.8 Å². The van der Waals surface area contributed by atoms with Crippen molar-refractivity contribution in [2.75, 3.05) is 106 Å². The molecule has 0 fully saturated rings. The number of carbonyl (C=O) groups is 2. The first-order valence-electron chi connectivity index (χ1n) is 17.4. The summed E-state index contributed by atoms with van der Waals surface area (Å²) in [5.41, 5.74) is 1.16. The van der Waals surface area contributed by atoms with Crippen molar-refractivity contribution in [2.45, 2.75) is 27.1 Å². The van der Waals surface area contributed by atoms with Gasteiger partial charge in [0, 0.05) is 35.7 Å². The zero-order chi connectivity index (χ0) is 36.6. The summed E-state index contributed by atoms with van der Waals surface area (Å²) in [6.45, 7) is 8.37. The van der Waals surface area contributed by atoms with Gasteiger partial charge in [-0.2, -0.15) is 0 Å². The summed E-state index contributed by atoms with van der Waals surface area (Å²) in [6.07, 6.45) is 0. The highest BCUT2D eigenvalue weighted by atomic mass is 16.6. The molecule has 2 heterocycles. The zero-order valence-corrected chi connectivity index (χ0v) is 30.1. The molecule has 14 heteroatoms. The molecule has 3 aromatic rings. The van der Waals surface area contributed by atoms with Gasteiger partial charge in [-0.05, 0) is 24.3 Å². The smallest absolute Gasteiger partial charge is 0.302 e. The Bertz CT molecular complexity index is 1390. The van der Waals surface area contributed by atoms with Crippen LogP contribution in [0.2, 0.25) is 0 Å². The van der Waals surface area contributed by atoms with Gasteiger partial charge in [-0.25, -0.2) is 0 Å². The molecule has 2 aliphatic rings. The molecule has 0 spiro atoms. The third-order valence-electron chi connectivity index (χ3n) is 7.38. The van der Waals surface area contributed by atoms with Crippen molar-refractivity contribution in [1.29, 1.82) is 0 Å². The minimum absolute atomic E-state index is 0.0357. The van der Waals surface area contributed by atoms with E-state index in [1.807, 2.05) is 36.4 Å². The number of fused-ring (bicyclic) bond motifs is 26. The van der Waals surface area contributed by atoms with Crippen LogP contribution in [0, 0.1) is 0 Å². The second kappa shape index (κ2) is 24.1. The van der Waals surface area contributed by atoms with Crippen LogP contribution >= 0.6 is 0 Å². The Balaban J connectivity index is 1.31. The predicted octanol–water partition coefficient (Wildman–Crippen LogP) is 4.29. The molecule has 0 saturated carbocycles. The molecule has 0 radical (unpaired) electrons. The highest BCUT2D eigenvalue weighted by Crippen LogP contribution is 2.33. The van der Waals surface area contributed by atoms with Crippen LogP contribution in [0.4, 0.5) is 0 Å². The number of esters is 2. The SMILES string of the molecule is CC(=O)OCc1cc2c(COC(C)=O)cc1OCCOCCOCCOCCOc1cccc3c(cccc13)OCCOCCOCCOCCO2. The predicted molar refractivity (Wildman–Crippen MR) is 188 cm³/mol. The van der Waals surface area contributed by atoms with E-state index in [-0.39, 0.29) is 39.6 Å². The van der Waals surface area contributed by atoms with Crippen LogP contribution in [-0.2, 0) is 60.7 Å². The molecule has 0 aliphatic carbocycles. The third-order valence-corrected chi connectivity index (χ3v) is 7.38. The first-order chi connectivity index (χ1) is 25.5. The summed E-state index contributed by atoms with van der Waals surface area (Å²) in [7, 11) is 0. The maximum Gasteiger partial charge on any atom is 0.302 e. The van der Waals surface area contributed by atoms with E-state index in [9.17, 15) is 9.59 Å². The minimum atomic E-state index is -0.441. The number of carbonyl (C=O) groups excluding carboxylic acids is 2. The van der Waals surface area contributed by atoms with Crippen LogP contribution in [0.15, 0.2) is 48.5 Å². The molecule has 52 heavy (non-hydrogen) atoms. The molecule has 5 rings (SSSR count). The summed E-state index contributed by atoms with van der Waals surface area (Å²) >= 11 is 0. The Morgan fingerprint density at radius 2 is 0.731 bits per heavy atom. The van der Waals surface area contributed by atoms with Crippen LogP contribution in [0.3, 0.4) is 0 Å². The molecule has 0 aromatic heterocycles. The number of ether oxygens (including phenoxy) is 12. The van der Waals surface area contributed by atoms with E-state index < -0.39 is 11.9 Å². The standard InChI is InChI=1S/C38H50O14/c1-29(39)51-27-31-25-38-32(28-52-30(2)40)26-37(31)49-23-19-45-15-11-41-9-13-43-17-21-47-35-7-3-6-34-33(35)5-4-8-36(34)48-22-18-44-14-10-42-12-16-46-20-24-50-38/h3-8,25-26H,9-24,27-28H2,1-2H3. The van der Waals surface area contributed by atoms with Crippen LogP contribution in [-0.4, -0.2) is 118 Å². The monoisotopic (exact) mass is 730 g/mol. The summed E-state index contributed by atoms with van der Waals surface area (Å²) in [6, 6.07) is 15.2. The number of benzene rings is 3. The van der Waals surface area contributed by atoms with E-state index in [0.717, 1.165) is 22.3 Å². The van der Waals surface area contributed by atoms with Crippen molar-refractivity contribution >= 4 is 22.7 Å². The third kappa shape index (κ3) is 15.2. The molecule has 0 saturated heterocycles. The van der Waals surface area contributed by atoms with Crippen molar-refractivity contribution in [3.05, 3.63) is 59.7 Å². The van der Waals surface area contributed by atoms with E-state index in [1.165, 1.54) is 13.8 Å². The molecule has 6 bridgehead atoms. The van der Waals surface area contributed by atoms with Gasteiger partial charge in [0.25, 0.3) is 0 Å². The second-order valence-corrected chi connectivity index (χ2v) is 11.3. The molecule has 0 N–H and O–H groups in total. The van der Waals surface area contributed by atoms with E-state index in [1.54, 1.807) is 12.1 Å². The molecular weight excluding hydrogens is 680 g/mol. The summed E-state index contributed by atoms with van der Waals surface area (Å²) in [4.78, 5) is 23.2. The Hall–Kier alpha value is -4.18. The second-order valence-electron chi connectivity index (χ2n) is 11.3. The van der Waals surface area contributed by atoms with Crippen LogP contribution in [0.25, 0.3) is 10.8 Å². The lowest BCUT2D eigenvalue weighted by atomic mass is 10.1. The van der Waals surface area contributed by atoms with Crippen molar-refractivity contribution in [2.24, 2.45) is 0 Å². The fraction of sp³-hybridized carbons (Fsp3) is 0.526. The molecular formula is C38H50O14. The molecule has 0 unspecified atom stereocenters. The summed E-state index contributed by atoms with van der Waals surface area (Å²) in [5.74, 6) is 1.53. The van der Waals surface area contributed by atoms with Gasteiger partial charge in [0.1, 0.15) is 62.6 Å². The van der Waals surface area contributed by atoms with Gasteiger partial charge in [0.05, 0.1) is 79.3 Å². The number of hydrogen-bond acceptors (Lipinski definition) is 14. The first-order valence-corrected chi connectivity index (χ1v) is 17.4. The van der Waals surface area contributed by atoms with Crippen molar-refractivity contribution in [3.8, 4) is 23.0 Å². The fourth-order valence-electron chi connectivity index (χ4n) is 4.93. The Labute approximate surface area is 304 Å². The van der Waals surface area contributed by atoms with E-state index in [4.69, 9.17) is 56.8 Å². The lowest BCUT2D eigenvalue weighted by Gasteiger charge is -2.18. The van der Waals surface area contributed by atoms with Gasteiger partial charge >= 0.3 is 11.9 Å². The normalized spacial score (nSPS) is 17.0. The molecule has 0 amide bonds. The van der Waals surface area contributed by atoms with Crippen LogP contribution in [0.1, 0.15) is 25.0 Å². The maximum absolute atomic E-state index is 11.6. The van der Waals surface area contributed by atoms with Gasteiger partial charge in [0.2, 0.25) is 0 Å². The number of hydrogen-bond donors (Lipinski definition) is 0. The van der Waals surface area contributed by atoms with Gasteiger partial charge in [-0.15, -0.1) is 0 Å². The van der Waals surface area contributed by atoms with Crippen LogP contribution < -0.4 is 18.9 Å². The molecule has 0 atom stereocenters. The zero-order valence-electron chi connectivity index (χ0n) is 30.1. The topological polar surface area (TPSA) is 145 Å². The summed E-state index contributed by atoms with van der Waals surface area (Å²) in [5, 5.41) is 1.91. The van der Waals surface area contributed by atoms with Gasteiger partial charge in [-0.1, -0.05) is 24.3 Å². The minimum Gasteiger partial charge on any atom is -0.491 e. The molecule has 286 valence electrons. The first kappa shape index (κ1) is 40.6. The maximum atomic E-state index is 11.6. The highest BCUT2D eigenvalue weighted by molar-refractivity contribution is 5.93. The van der Waals surface area contributed by atoms with Crippen molar-refractivity contribution < 1.29 is 66.4 Å². The van der Waals surface area contributed by atoms with E-state index in [2.05, 4.69) is 0 Å². The largest absolute Gasteiger partial charge is 0.491 e. The lowest BCUT2D eigenvalue weighted by molar-refractivity contribution is -0.143. The highest BCUT2D eigenvalue weighted by Gasteiger charge is 2.15. The number of rotatable bonds is 4. The van der Waals surface area contributed by atoms with E-state index in [0.29, 0.717) is 102 Å². The van der Waals surface area contributed by atoms with E-state index >= 15 is 0 Å². The van der Waals surface area contributed by atoms with Crippen molar-refractivity contribution in [1.82, 2.24) is 0 Å². The Morgan fingerprint density at radius 3 is 1.04 bits per heavy atom. The van der Waals surface area contributed by atoms with Crippen molar-refractivity contribution in [3.63, 3.8) is 0 Å². The average molecular weight is 731 g/mol. The van der Waals surface area contributed by atoms with Gasteiger partial charge in [-0.3, -0.25) is 9.59 Å². The quantitative estimate of drug-likeness (QED) is 0.278. The molecule has 2 aliphatic heterocycles. The molecule has 3 aromatic carbocycles. The average Bonchev–Trinajstić information content (AvgIpc) is 3.13. The fourth-order valence-corrected chi connectivity index (χ4v) is 4.93.